The Bertz CT molecular complexity index is 582. The van der Waals surface area contributed by atoms with Gasteiger partial charge in [0.15, 0.2) is 0 Å². The molecular formula is C19H26O4. The number of carbonyl (C=O) groups excluding carboxylic acids is 2. The third-order valence-electron chi connectivity index (χ3n) is 7.89. The largest absolute Gasteiger partial charge is 0.290 e. The number of rotatable bonds is 1. The second-order valence-corrected chi connectivity index (χ2v) is 8.70. The second-order valence-electron chi connectivity index (χ2n) is 8.70. The molecular weight excluding hydrogens is 292 g/mol. The van der Waals surface area contributed by atoms with Gasteiger partial charge in [0.25, 0.3) is 0 Å². The Labute approximate surface area is 137 Å². The highest BCUT2D eigenvalue weighted by Gasteiger charge is 2.63. The predicted molar refractivity (Wildman–Crippen MR) is 84.5 cm³/mol. The minimum Gasteiger partial charge on any atom is -0.290 e. The fourth-order valence-corrected chi connectivity index (χ4v) is 6.69. The maximum atomic E-state index is 12.8. The molecule has 4 aliphatic rings. The Kier molecular flexibility index (Phi) is 3.37. The molecule has 1 N–H and O–H groups in total. The quantitative estimate of drug-likeness (QED) is 0.457. The first-order chi connectivity index (χ1) is 10.9. The standard InChI is InChI=1S/C19H26O4/c1-18-8-3-4-12(18)11-10-16(23-22)14-5-6-15(20)17(21)19(14,2)13(11)7-9-18/h5-6,11-14,16,22H,3-4,7-10H2,1-2H3/t11-,12-,13-,14?,16+,18-,19+/m0/s1. The van der Waals surface area contributed by atoms with Crippen molar-refractivity contribution in [3.63, 3.8) is 0 Å². The van der Waals surface area contributed by atoms with Gasteiger partial charge in [-0.05, 0) is 61.3 Å². The monoisotopic (exact) mass is 318 g/mol. The van der Waals surface area contributed by atoms with Gasteiger partial charge in [-0.2, -0.15) is 0 Å². The summed E-state index contributed by atoms with van der Waals surface area (Å²) < 4.78 is 0. The van der Waals surface area contributed by atoms with Crippen LogP contribution in [0.25, 0.3) is 0 Å². The van der Waals surface area contributed by atoms with Crippen LogP contribution in [0.4, 0.5) is 0 Å². The van der Waals surface area contributed by atoms with Crippen LogP contribution in [0, 0.1) is 34.5 Å². The topological polar surface area (TPSA) is 63.6 Å². The first-order valence-corrected chi connectivity index (χ1v) is 8.99. The number of Topliss-reactive ketones (excluding diaryl/α,β-unsaturated/α-hetero) is 1. The van der Waals surface area contributed by atoms with Gasteiger partial charge in [-0.25, -0.2) is 4.89 Å². The van der Waals surface area contributed by atoms with Crippen molar-refractivity contribution in [1.82, 2.24) is 0 Å². The SMILES string of the molecule is C[C@@]12CCC[C@H]1[C@@H]1C[C@@H](OO)C3C=CC(=O)C(=O)[C@]3(C)[C@H]1CC2. The molecule has 4 nitrogen and oxygen atoms in total. The lowest BCUT2D eigenvalue weighted by Gasteiger charge is -2.58. The Balaban J connectivity index is 1.78. The van der Waals surface area contributed by atoms with Crippen LogP contribution in [0.5, 0.6) is 0 Å². The van der Waals surface area contributed by atoms with Gasteiger partial charge in [0.05, 0.1) is 0 Å². The minimum atomic E-state index is -0.716. The molecule has 0 saturated heterocycles. The number of hydrogen-bond donors (Lipinski definition) is 1. The normalized spacial score (nSPS) is 52.0. The molecule has 4 heteroatoms. The average molecular weight is 318 g/mol. The fraction of sp³-hybridized carbons (Fsp3) is 0.789. The summed E-state index contributed by atoms with van der Waals surface area (Å²) in [5.41, 5.74) is -0.353. The van der Waals surface area contributed by atoms with E-state index >= 15 is 0 Å². The van der Waals surface area contributed by atoms with Crippen molar-refractivity contribution in [3.05, 3.63) is 12.2 Å². The number of carbonyl (C=O) groups is 2. The molecule has 0 aromatic rings. The van der Waals surface area contributed by atoms with Crippen LogP contribution in [0.15, 0.2) is 12.2 Å². The van der Waals surface area contributed by atoms with Crippen LogP contribution in [0.3, 0.4) is 0 Å². The van der Waals surface area contributed by atoms with Crippen LogP contribution in [0.1, 0.15) is 52.4 Å². The first kappa shape index (κ1) is 15.5. The molecule has 0 spiro atoms. The van der Waals surface area contributed by atoms with E-state index in [9.17, 15) is 14.8 Å². The average Bonchev–Trinajstić information content (AvgIpc) is 2.93. The molecule has 3 fully saturated rings. The molecule has 23 heavy (non-hydrogen) atoms. The van der Waals surface area contributed by atoms with Crippen molar-refractivity contribution >= 4 is 11.6 Å². The van der Waals surface area contributed by atoms with E-state index in [4.69, 9.17) is 4.89 Å². The van der Waals surface area contributed by atoms with Crippen LogP contribution in [-0.2, 0) is 14.5 Å². The Morgan fingerprint density at radius 1 is 1.17 bits per heavy atom. The molecule has 4 aliphatic carbocycles. The molecule has 3 saturated carbocycles. The van der Waals surface area contributed by atoms with Crippen molar-refractivity contribution < 1.29 is 19.7 Å². The highest BCUT2D eigenvalue weighted by Crippen LogP contribution is 2.64. The van der Waals surface area contributed by atoms with Crippen LogP contribution in [0.2, 0.25) is 0 Å². The van der Waals surface area contributed by atoms with E-state index in [0.29, 0.717) is 17.3 Å². The van der Waals surface area contributed by atoms with Gasteiger partial charge in [0.2, 0.25) is 11.6 Å². The van der Waals surface area contributed by atoms with Crippen molar-refractivity contribution in [2.45, 2.75) is 58.5 Å². The Morgan fingerprint density at radius 2 is 1.96 bits per heavy atom. The molecule has 4 rings (SSSR count). The van der Waals surface area contributed by atoms with Crippen molar-refractivity contribution in [1.29, 1.82) is 0 Å². The minimum absolute atomic E-state index is 0.190. The number of ketones is 2. The Hall–Kier alpha value is -1.00. The summed E-state index contributed by atoms with van der Waals surface area (Å²) in [6.45, 7) is 4.33. The predicted octanol–water partition coefficient (Wildman–Crippen LogP) is 3.41. The summed E-state index contributed by atoms with van der Waals surface area (Å²) >= 11 is 0. The van der Waals surface area contributed by atoms with E-state index in [2.05, 4.69) is 6.92 Å². The zero-order valence-electron chi connectivity index (χ0n) is 14.0. The van der Waals surface area contributed by atoms with E-state index in [1.807, 2.05) is 13.0 Å². The van der Waals surface area contributed by atoms with Crippen LogP contribution in [-0.4, -0.2) is 22.9 Å². The summed E-state index contributed by atoms with van der Waals surface area (Å²) in [6, 6.07) is 0. The van der Waals surface area contributed by atoms with Gasteiger partial charge < -0.3 is 0 Å². The lowest BCUT2D eigenvalue weighted by atomic mass is 9.45. The summed E-state index contributed by atoms with van der Waals surface area (Å²) in [7, 11) is 0. The lowest BCUT2D eigenvalue weighted by Crippen LogP contribution is -2.60. The van der Waals surface area contributed by atoms with E-state index in [1.54, 1.807) is 0 Å². The molecule has 0 amide bonds. The smallest absolute Gasteiger partial charge is 0.221 e. The highest BCUT2D eigenvalue weighted by molar-refractivity contribution is 6.44. The molecule has 0 radical (unpaired) electrons. The first-order valence-electron chi connectivity index (χ1n) is 8.99. The number of fused-ring (bicyclic) bond motifs is 5. The molecule has 0 aromatic carbocycles. The molecule has 0 bridgehead atoms. The molecule has 0 heterocycles. The second kappa shape index (κ2) is 5.00. The van der Waals surface area contributed by atoms with Crippen molar-refractivity contribution in [2.75, 3.05) is 0 Å². The maximum Gasteiger partial charge on any atom is 0.221 e. The summed E-state index contributed by atoms with van der Waals surface area (Å²) in [5.74, 6) is 0.341. The zero-order chi connectivity index (χ0) is 16.4. The van der Waals surface area contributed by atoms with E-state index in [-0.39, 0.29) is 29.5 Å². The third kappa shape index (κ3) is 1.91. The zero-order valence-corrected chi connectivity index (χ0v) is 14.0. The molecule has 0 aliphatic heterocycles. The molecule has 0 aromatic heterocycles. The van der Waals surface area contributed by atoms with Gasteiger partial charge in [-0.1, -0.05) is 26.3 Å². The number of hydrogen-bond acceptors (Lipinski definition) is 4. The van der Waals surface area contributed by atoms with Crippen molar-refractivity contribution in [2.24, 2.45) is 34.5 Å². The van der Waals surface area contributed by atoms with Crippen LogP contribution >= 0.6 is 0 Å². The molecule has 126 valence electrons. The highest BCUT2D eigenvalue weighted by atomic mass is 17.1. The van der Waals surface area contributed by atoms with Gasteiger partial charge in [0.1, 0.15) is 6.10 Å². The molecule has 1 unspecified atom stereocenters. The number of allylic oxidation sites excluding steroid dienone is 1. The van der Waals surface area contributed by atoms with Gasteiger partial charge in [0, 0.05) is 11.3 Å². The van der Waals surface area contributed by atoms with Gasteiger partial charge >= 0.3 is 0 Å². The van der Waals surface area contributed by atoms with E-state index in [1.165, 1.54) is 25.3 Å². The fourth-order valence-electron chi connectivity index (χ4n) is 6.69. The van der Waals surface area contributed by atoms with Gasteiger partial charge in [-0.3, -0.25) is 14.8 Å². The van der Waals surface area contributed by atoms with Gasteiger partial charge in [-0.15, -0.1) is 0 Å². The van der Waals surface area contributed by atoms with Crippen LogP contribution < -0.4 is 0 Å². The lowest BCUT2D eigenvalue weighted by molar-refractivity contribution is -0.311. The van der Waals surface area contributed by atoms with Crippen molar-refractivity contribution in [3.8, 4) is 0 Å². The third-order valence-corrected chi connectivity index (χ3v) is 7.89. The summed E-state index contributed by atoms with van der Waals surface area (Å²) in [5, 5.41) is 9.46. The van der Waals surface area contributed by atoms with E-state index in [0.717, 1.165) is 19.3 Å². The molecule has 7 atom stereocenters. The van der Waals surface area contributed by atoms with E-state index < -0.39 is 5.41 Å². The summed E-state index contributed by atoms with van der Waals surface area (Å²) in [6.07, 6.45) is 9.49. The Morgan fingerprint density at radius 3 is 2.70 bits per heavy atom. The maximum absolute atomic E-state index is 12.8. The summed E-state index contributed by atoms with van der Waals surface area (Å²) in [4.78, 5) is 29.7.